The molecule has 0 radical (unpaired) electrons. The number of ether oxygens (including phenoxy) is 1. The Labute approximate surface area is 177 Å². The van der Waals surface area contributed by atoms with Gasteiger partial charge in [0.25, 0.3) is 0 Å². The maximum atomic E-state index is 13.3. The van der Waals surface area contributed by atoms with Gasteiger partial charge in [-0.3, -0.25) is 0 Å². The molecule has 0 aliphatic rings. The molecule has 0 fully saturated rings. The van der Waals surface area contributed by atoms with Gasteiger partial charge in [0.15, 0.2) is 0 Å². The molecule has 1 heterocycles. The average Bonchev–Trinajstić information content (AvgIpc) is 3.12. The van der Waals surface area contributed by atoms with Crippen LogP contribution in [0.2, 0.25) is 0 Å². The number of sulfonamides is 1. The van der Waals surface area contributed by atoms with Gasteiger partial charge in [0, 0.05) is 17.5 Å². The molecule has 0 saturated heterocycles. The van der Waals surface area contributed by atoms with Crippen molar-refractivity contribution in [2.45, 2.75) is 24.3 Å². The molecule has 9 heteroatoms. The second-order valence-electron chi connectivity index (χ2n) is 6.43. The molecule has 3 aromatic rings. The first-order valence-electron chi connectivity index (χ1n) is 9.00. The first-order chi connectivity index (χ1) is 13.9. The molecular formula is C20H21BrFN3O3S. The zero-order valence-corrected chi connectivity index (χ0v) is 18.0. The van der Waals surface area contributed by atoms with Gasteiger partial charge in [-0.25, -0.2) is 22.6 Å². The number of primary sulfonamides is 1. The van der Waals surface area contributed by atoms with Crippen molar-refractivity contribution in [3.63, 3.8) is 0 Å². The first-order valence-corrected chi connectivity index (χ1v) is 11.7. The molecule has 0 aliphatic heterocycles. The maximum Gasteiger partial charge on any atom is 0.238 e. The highest BCUT2D eigenvalue weighted by Crippen LogP contribution is 2.25. The maximum absolute atomic E-state index is 13.3. The second kappa shape index (κ2) is 9.62. The molecule has 0 atom stereocenters. The molecule has 0 unspecified atom stereocenters. The van der Waals surface area contributed by atoms with Gasteiger partial charge in [-0.05, 0) is 67.4 Å². The monoisotopic (exact) mass is 481 g/mol. The van der Waals surface area contributed by atoms with Crippen LogP contribution in [0.3, 0.4) is 0 Å². The lowest BCUT2D eigenvalue weighted by Crippen LogP contribution is -2.12. The number of unbranched alkanes of at least 4 members (excludes halogenated alkanes) is 1. The Hall–Kier alpha value is -2.07. The Balaban J connectivity index is 1.92. The number of aromatic nitrogens is 2. The van der Waals surface area contributed by atoms with Crippen LogP contribution in [0.4, 0.5) is 4.39 Å². The van der Waals surface area contributed by atoms with E-state index in [1.165, 1.54) is 24.3 Å². The lowest BCUT2D eigenvalue weighted by Gasteiger charge is -2.08. The largest absolute Gasteiger partial charge is 0.375 e. The number of rotatable bonds is 9. The van der Waals surface area contributed by atoms with E-state index in [1.54, 1.807) is 28.9 Å². The van der Waals surface area contributed by atoms with Crippen molar-refractivity contribution in [1.82, 2.24) is 9.78 Å². The van der Waals surface area contributed by atoms with Gasteiger partial charge in [-0.15, -0.1) is 0 Å². The summed E-state index contributed by atoms with van der Waals surface area (Å²) in [6.07, 6.45) is 1.98. The van der Waals surface area contributed by atoms with Crippen molar-refractivity contribution in [1.29, 1.82) is 0 Å². The topological polar surface area (TPSA) is 87.2 Å². The van der Waals surface area contributed by atoms with Crippen LogP contribution < -0.4 is 5.14 Å². The molecule has 0 bridgehead atoms. The van der Waals surface area contributed by atoms with E-state index in [0.717, 1.165) is 35.1 Å². The van der Waals surface area contributed by atoms with E-state index < -0.39 is 10.0 Å². The highest BCUT2D eigenvalue weighted by Gasteiger charge is 2.14. The van der Waals surface area contributed by atoms with Crippen LogP contribution in [-0.4, -0.2) is 30.1 Å². The summed E-state index contributed by atoms with van der Waals surface area (Å²) in [5, 5.41) is 10.7. The molecule has 1 aromatic heterocycles. The van der Waals surface area contributed by atoms with Crippen molar-refractivity contribution >= 4 is 26.0 Å². The minimum Gasteiger partial charge on any atom is -0.375 e. The number of alkyl halides is 1. The summed E-state index contributed by atoms with van der Waals surface area (Å²) in [5.74, 6) is -0.326. The predicted molar refractivity (Wildman–Crippen MR) is 113 cm³/mol. The van der Waals surface area contributed by atoms with E-state index in [-0.39, 0.29) is 10.7 Å². The van der Waals surface area contributed by atoms with Crippen LogP contribution in [0.1, 0.15) is 18.5 Å². The summed E-state index contributed by atoms with van der Waals surface area (Å²) in [6.45, 7) is 0.978. The summed E-state index contributed by atoms with van der Waals surface area (Å²) in [7, 11) is -3.78. The van der Waals surface area contributed by atoms with E-state index in [2.05, 4.69) is 21.0 Å². The van der Waals surface area contributed by atoms with Crippen LogP contribution in [0.25, 0.3) is 16.9 Å². The quantitative estimate of drug-likeness (QED) is 0.369. The SMILES string of the molecule is NS(=O)(=O)c1ccc(-n2nc(COCCCCBr)cc2-c2ccc(F)cc2)cc1. The zero-order chi connectivity index (χ0) is 20.9. The van der Waals surface area contributed by atoms with E-state index in [4.69, 9.17) is 9.88 Å². The van der Waals surface area contributed by atoms with Gasteiger partial charge in [-0.2, -0.15) is 5.10 Å². The molecule has 0 aliphatic carbocycles. The molecule has 0 saturated carbocycles. The normalized spacial score (nSPS) is 11.7. The minimum absolute atomic E-state index is 0.0205. The van der Waals surface area contributed by atoms with Gasteiger partial charge in [0.05, 0.1) is 28.6 Å². The smallest absolute Gasteiger partial charge is 0.238 e. The summed E-state index contributed by atoms with van der Waals surface area (Å²) < 4.78 is 43.7. The number of benzene rings is 2. The van der Waals surface area contributed by atoms with Crippen molar-refractivity contribution in [2.24, 2.45) is 5.14 Å². The van der Waals surface area contributed by atoms with E-state index in [9.17, 15) is 12.8 Å². The summed E-state index contributed by atoms with van der Waals surface area (Å²) >= 11 is 3.39. The van der Waals surface area contributed by atoms with Crippen molar-refractivity contribution in [3.8, 4) is 16.9 Å². The highest BCUT2D eigenvalue weighted by molar-refractivity contribution is 9.09. The molecule has 154 valence electrons. The number of hydrogen-bond acceptors (Lipinski definition) is 4. The van der Waals surface area contributed by atoms with Crippen LogP contribution in [0, 0.1) is 5.82 Å². The zero-order valence-electron chi connectivity index (χ0n) is 15.6. The molecule has 6 nitrogen and oxygen atoms in total. The molecule has 2 N–H and O–H groups in total. The highest BCUT2D eigenvalue weighted by atomic mass is 79.9. The number of nitrogens with zero attached hydrogens (tertiary/aromatic N) is 2. The third kappa shape index (κ3) is 5.72. The molecule has 0 amide bonds. The summed E-state index contributed by atoms with van der Waals surface area (Å²) in [4.78, 5) is 0.0205. The van der Waals surface area contributed by atoms with E-state index in [1.807, 2.05) is 6.07 Å². The molecule has 0 spiro atoms. The Kier molecular flexibility index (Phi) is 7.18. The predicted octanol–water partition coefficient (Wildman–Crippen LogP) is 4.02. The van der Waals surface area contributed by atoms with Crippen LogP contribution >= 0.6 is 15.9 Å². The number of nitrogens with two attached hydrogens (primary N) is 1. The summed E-state index contributed by atoms with van der Waals surface area (Å²) in [5.41, 5.74) is 2.90. The third-order valence-electron chi connectivity index (χ3n) is 4.23. The van der Waals surface area contributed by atoms with Crippen LogP contribution in [-0.2, 0) is 21.4 Å². The standard InChI is InChI=1S/C20H21BrFN3O3S/c21-11-1-2-12-28-14-17-13-20(15-3-5-16(22)6-4-15)25(24-17)18-7-9-19(10-8-18)29(23,26)27/h3-10,13H,1-2,11-12,14H2,(H2,23,26,27). The average molecular weight is 482 g/mol. The number of halogens is 2. The molecule has 3 rings (SSSR count). The van der Waals surface area contributed by atoms with E-state index in [0.29, 0.717) is 18.9 Å². The lowest BCUT2D eigenvalue weighted by molar-refractivity contribution is 0.115. The summed E-state index contributed by atoms with van der Waals surface area (Å²) in [6, 6.07) is 14.1. The molecule has 2 aromatic carbocycles. The van der Waals surface area contributed by atoms with Crippen molar-refractivity contribution in [3.05, 3.63) is 66.1 Å². The Morgan fingerprint density at radius 3 is 2.38 bits per heavy atom. The fourth-order valence-electron chi connectivity index (χ4n) is 2.78. The number of hydrogen-bond donors (Lipinski definition) is 1. The second-order valence-corrected chi connectivity index (χ2v) is 8.78. The third-order valence-corrected chi connectivity index (χ3v) is 5.72. The first kappa shape index (κ1) is 21.6. The minimum atomic E-state index is -3.78. The van der Waals surface area contributed by atoms with Gasteiger partial charge in [-0.1, -0.05) is 15.9 Å². The van der Waals surface area contributed by atoms with Gasteiger partial charge in [0.1, 0.15) is 5.82 Å². The molecule has 29 heavy (non-hydrogen) atoms. The molecular weight excluding hydrogens is 461 g/mol. The van der Waals surface area contributed by atoms with E-state index >= 15 is 0 Å². The fraction of sp³-hybridized carbons (Fsp3) is 0.250. The van der Waals surface area contributed by atoms with Gasteiger partial charge in [0.2, 0.25) is 10.0 Å². The lowest BCUT2D eigenvalue weighted by atomic mass is 10.1. The van der Waals surface area contributed by atoms with Crippen LogP contribution in [0.15, 0.2) is 59.5 Å². The van der Waals surface area contributed by atoms with Crippen molar-refractivity contribution in [2.75, 3.05) is 11.9 Å². The fourth-order valence-corrected chi connectivity index (χ4v) is 3.69. The van der Waals surface area contributed by atoms with Crippen LogP contribution in [0.5, 0.6) is 0 Å². The Bertz CT molecular complexity index is 1050. The van der Waals surface area contributed by atoms with Crippen molar-refractivity contribution < 1.29 is 17.5 Å². The van der Waals surface area contributed by atoms with Gasteiger partial charge >= 0.3 is 0 Å². The van der Waals surface area contributed by atoms with Gasteiger partial charge < -0.3 is 4.74 Å². The Morgan fingerprint density at radius 2 is 1.76 bits per heavy atom. The Morgan fingerprint density at radius 1 is 1.07 bits per heavy atom.